The molecule has 0 aliphatic carbocycles. The molecule has 1 aromatic rings. The summed E-state index contributed by atoms with van der Waals surface area (Å²) < 4.78 is 1.02. The van der Waals surface area contributed by atoms with Crippen molar-refractivity contribution in [1.29, 1.82) is 0 Å². The third kappa shape index (κ3) is 2.69. The molecule has 0 saturated carbocycles. The lowest BCUT2D eigenvalue weighted by Crippen LogP contribution is -2.35. The van der Waals surface area contributed by atoms with E-state index in [0.717, 1.165) is 23.2 Å². The van der Waals surface area contributed by atoms with Gasteiger partial charge < -0.3 is 10.6 Å². The zero-order chi connectivity index (χ0) is 9.80. The average Bonchev–Trinajstić information content (AvgIpc) is 2.19. The Morgan fingerprint density at radius 1 is 1.36 bits per heavy atom. The Balaban J connectivity index is 1.95. The van der Waals surface area contributed by atoms with Crippen molar-refractivity contribution < 1.29 is 0 Å². The largest absolute Gasteiger partial charge is 0.381 e. The number of hydrogen-bond donors (Lipinski definition) is 2. The van der Waals surface area contributed by atoms with E-state index in [-0.39, 0.29) is 0 Å². The van der Waals surface area contributed by atoms with Gasteiger partial charge in [-0.25, -0.2) is 0 Å². The van der Waals surface area contributed by atoms with Gasteiger partial charge in [0.2, 0.25) is 0 Å². The predicted molar refractivity (Wildman–Crippen MR) is 61.5 cm³/mol. The highest BCUT2D eigenvalue weighted by Gasteiger charge is 2.12. The topological polar surface area (TPSA) is 37.0 Å². The highest BCUT2D eigenvalue weighted by atomic mass is 79.9. The molecule has 1 aromatic heterocycles. The normalized spacial score (nSPS) is 18.1. The van der Waals surface area contributed by atoms with Gasteiger partial charge >= 0.3 is 0 Å². The van der Waals surface area contributed by atoms with Crippen LogP contribution in [0.2, 0.25) is 0 Å². The molecule has 0 amide bonds. The molecule has 14 heavy (non-hydrogen) atoms. The lowest BCUT2D eigenvalue weighted by molar-refractivity contribution is 0.479. The molecule has 76 valence electrons. The summed E-state index contributed by atoms with van der Waals surface area (Å²) in [5, 5.41) is 6.84. The highest BCUT2D eigenvalue weighted by molar-refractivity contribution is 9.10. The third-order valence-electron chi connectivity index (χ3n) is 2.41. The molecule has 0 atom stereocenters. The van der Waals surface area contributed by atoms with E-state index in [1.165, 1.54) is 12.8 Å². The van der Waals surface area contributed by atoms with Crippen molar-refractivity contribution in [2.24, 2.45) is 0 Å². The van der Waals surface area contributed by atoms with Gasteiger partial charge in [0, 0.05) is 16.7 Å². The predicted octanol–water partition coefficient (Wildman–Crippen LogP) is 2.01. The smallest absolute Gasteiger partial charge is 0.0540 e. The van der Waals surface area contributed by atoms with E-state index in [0.29, 0.717) is 6.04 Å². The number of nitrogens with one attached hydrogen (secondary N) is 2. The van der Waals surface area contributed by atoms with Gasteiger partial charge in [0.05, 0.1) is 11.9 Å². The Hall–Kier alpha value is -0.610. The van der Waals surface area contributed by atoms with Gasteiger partial charge in [-0.15, -0.1) is 0 Å². The number of anilines is 1. The number of pyridine rings is 1. The van der Waals surface area contributed by atoms with Crippen molar-refractivity contribution in [3.05, 3.63) is 22.9 Å². The Labute approximate surface area is 92.4 Å². The first-order chi connectivity index (χ1) is 6.84. The zero-order valence-corrected chi connectivity index (χ0v) is 9.55. The molecule has 0 aromatic carbocycles. The second-order valence-electron chi connectivity index (χ2n) is 3.56. The van der Waals surface area contributed by atoms with Crippen LogP contribution in [0.4, 0.5) is 5.69 Å². The maximum atomic E-state index is 4.12. The second-order valence-corrected chi connectivity index (χ2v) is 4.48. The number of halogens is 1. The monoisotopic (exact) mass is 255 g/mol. The summed E-state index contributed by atoms with van der Waals surface area (Å²) in [6.45, 7) is 2.22. The van der Waals surface area contributed by atoms with Gasteiger partial charge in [0.15, 0.2) is 0 Å². The van der Waals surface area contributed by atoms with Crippen molar-refractivity contribution in [3.63, 3.8) is 0 Å². The first-order valence-corrected chi connectivity index (χ1v) is 5.72. The van der Waals surface area contributed by atoms with Crippen LogP contribution < -0.4 is 10.6 Å². The van der Waals surface area contributed by atoms with Crippen molar-refractivity contribution in [2.45, 2.75) is 18.9 Å². The van der Waals surface area contributed by atoms with Crippen LogP contribution in [0.1, 0.15) is 12.8 Å². The molecule has 0 spiro atoms. The molecule has 2 heterocycles. The summed E-state index contributed by atoms with van der Waals surface area (Å²) >= 11 is 3.41. The lowest BCUT2D eigenvalue weighted by Gasteiger charge is -2.24. The Bertz CT molecular complexity index is 297. The Morgan fingerprint density at radius 3 is 2.86 bits per heavy atom. The number of rotatable bonds is 2. The van der Waals surface area contributed by atoms with Gasteiger partial charge in [-0.3, -0.25) is 4.98 Å². The number of hydrogen-bond acceptors (Lipinski definition) is 3. The fourth-order valence-electron chi connectivity index (χ4n) is 1.69. The molecule has 1 aliphatic rings. The minimum Gasteiger partial charge on any atom is -0.381 e. The van der Waals surface area contributed by atoms with Crippen LogP contribution in [0.15, 0.2) is 22.9 Å². The molecule has 0 bridgehead atoms. The van der Waals surface area contributed by atoms with E-state index in [9.17, 15) is 0 Å². The van der Waals surface area contributed by atoms with E-state index in [2.05, 4.69) is 37.6 Å². The molecular weight excluding hydrogens is 242 g/mol. The van der Waals surface area contributed by atoms with E-state index in [1.54, 1.807) is 6.20 Å². The van der Waals surface area contributed by atoms with Gasteiger partial charge in [0.1, 0.15) is 0 Å². The maximum absolute atomic E-state index is 4.12. The fourth-order valence-corrected chi connectivity index (χ4v) is 2.06. The van der Waals surface area contributed by atoms with E-state index >= 15 is 0 Å². The van der Waals surface area contributed by atoms with Gasteiger partial charge in [-0.2, -0.15) is 0 Å². The Kier molecular flexibility index (Phi) is 3.37. The lowest BCUT2D eigenvalue weighted by atomic mass is 10.1. The van der Waals surface area contributed by atoms with Crippen LogP contribution in [-0.2, 0) is 0 Å². The average molecular weight is 256 g/mol. The van der Waals surface area contributed by atoms with Crippen LogP contribution in [0.3, 0.4) is 0 Å². The van der Waals surface area contributed by atoms with Gasteiger partial charge in [-0.1, -0.05) is 0 Å². The summed E-state index contributed by atoms with van der Waals surface area (Å²) in [5.41, 5.74) is 1.10. The molecule has 1 aliphatic heterocycles. The highest BCUT2D eigenvalue weighted by Crippen LogP contribution is 2.16. The Morgan fingerprint density at radius 2 is 2.14 bits per heavy atom. The minimum atomic E-state index is 0.590. The zero-order valence-electron chi connectivity index (χ0n) is 7.96. The van der Waals surface area contributed by atoms with Crippen LogP contribution in [0.25, 0.3) is 0 Å². The van der Waals surface area contributed by atoms with Crippen LogP contribution in [0.5, 0.6) is 0 Å². The molecule has 1 fully saturated rings. The fraction of sp³-hybridized carbons (Fsp3) is 0.500. The number of nitrogens with zero attached hydrogens (tertiary/aromatic N) is 1. The summed E-state index contributed by atoms with van der Waals surface area (Å²) in [5.74, 6) is 0. The van der Waals surface area contributed by atoms with Gasteiger partial charge in [-0.05, 0) is 47.9 Å². The van der Waals surface area contributed by atoms with Crippen LogP contribution >= 0.6 is 15.9 Å². The first-order valence-electron chi connectivity index (χ1n) is 4.92. The van der Waals surface area contributed by atoms with Crippen molar-refractivity contribution >= 4 is 21.6 Å². The van der Waals surface area contributed by atoms with Crippen molar-refractivity contribution in [3.8, 4) is 0 Å². The molecule has 2 rings (SSSR count). The standard InChI is InChI=1S/C10H14BrN3/c11-8-5-10(7-13-6-8)14-9-1-3-12-4-2-9/h5-7,9,12,14H,1-4H2. The maximum Gasteiger partial charge on any atom is 0.0540 e. The second kappa shape index (κ2) is 4.75. The summed E-state index contributed by atoms with van der Waals surface area (Å²) in [4.78, 5) is 4.12. The molecule has 2 N–H and O–H groups in total. The quantitative estimate of drug-likeness (QED) is 0.849. The van der Waals surface area contributed by atoms with Crippen LogP contribution in [-0.4, -0.2) is 24.1 Å². The molecule has 0 unspecified atom stereocenters. The summed E-state index contributed by atoms with van der Waals surface area (Å²) in [6.07, 6.45) is 6.04. The van der Waals surface area contributed by atoms with Crippen molar-refractivity contribution in [2.75, 3.05) is 18.4 Å². The molecule has 4 heteroatoms. The molecular formula is C10H14BrN3. The third-order valence-corrected chi connectivity index (χ3v) is 2.85. The molecule has 3 nitrogen and oxygen atoms in total. The summed E-state index contributed by atoms with van der Waals surface area (Å²) in [6, 6.07) is 2.65. The SMILES string of the molecule is Brc1cncc(NC2CCNCC2)c1. The minimum absolute atomic E-state index is 0.590. The molecule has 0 radical (unpaired) electrons. The number of piperidine rings is 1. The van der Waals surface area contributed by atoms with Gasteiger partial charge in [0.25, 0.3) is 0 Å². The van der Waals surface area contributed by atoms with E-state index < -0.39 is 0 Å². The van der Waals surface area contributed by atoms with Crippen LogP contribution in [0, 0.1) is 0 Å². The summed E-state index contributed by atoms with van der Waals surface area (Å²) in [7, 11) is 0. The number of aromatic nitrogens is 1. The molecule has 1 saturated heterocycles. The van der Waals surface area contributed by atoms with E-state index in [4.69, 9.17) is 0 Å². The van der Waals surface area contributed by atoms with Crippen molar-refractivity contribution in [1.82, 2.24) is 10.3 Å². The first kappa shape index (κ1) is 9.93. The van der Waals surface area contributed by atoms with E-state index in [1.807, 2.05) is 6.20 Å².